The zero-order valence-corrected chi connectivity index (χ0v) is 24.1. The molecule has 44 heavy (non-hydrogen) atoms. The molecule has 1 atom stereocenters. The van der Waals surface area contributed by atoms with Crippen LogP contribution in [-0.2, 0) is 6.42 Å². The molecular weight excluding hydrogens is 538 g/mol. The summed E-state index contributed by atoms with van der Waals surface area (Å²) in [5, 5.41) is 1.11. The van der Waals surface area contributed by atoms with Gasteiger partial charge in [-0.2, -0.15) is 0 Å². The number of para-hydroxylation sites is 1. The molecule has 5 heteroatoms. The SMILES string of the molecule is C1=CCC[C@H]2Cc3c(-c4ccc(-c5cc(-c6cccnc6)nc(-c6cccnc6)c5)cc4)nc4ccccc4c3N=C2C=C1. The van der Waals surface area contributed by atoms with E-state index in [1.165, 1.54) is 11.3 Å². The number of pyridine rings is 4. The van der Waals surface area contributed by atoms with Gasteiger partial charge in [0.05, 0.1) is 28.3 Å². The molecule has 0 saturated heterocycles. The first-order valence-corrected chi connectivity index (χ1v) is 15.1. The Labute approximate surface area is 256 Å². The van der Waals surface area contributed by atoms with Crippen molar-refractivity contribution in [2.24, 2.45) is 10.9 Å². The van der Waals surface area contributed by atoms with Crippen LogP contribution in [0.4, 0.5) is 5.69 Å². The van der Waals surface area contributed by atoms with E-state index in [0.29, 0.717) is 5.92 Å². The van der Waals surface area contributed by atoms with Crippen LogP contribution in [0.3, 0.4) is 0 Å². The molecule has 2 aliphatic rings. The van der Waals surface area contributed by atoms with Crippen LogP contribution in [0.2, 0.25) is 0 Å². The molecule has 0 radical (unpaired) electrons. The quantitative estimate of drug-likeness (QED) is 0.213. The van der Waals surface area contributed by atoms with Gasteiger partial charge in [-0.05, 0) is 78.9 Å². The highest BCUT2D eigenvalue weighted by atomic mass is 14.8. The third kappa shape index (κ3) is 4.92. The van der Waals surface area contributed by atoms with E-state index in [0.717, 1.165) is 80.8 Å². The summed E-state index contributed by atoms with van der Waals surface area (Å²) in [4.78, 5) is 24.1. The van der Waals surface area contributed by atoms with Gasteiger partial charge in [-0.1, -0.05) is 60.7 Å². The molecular formula is C39H29N5. The van der Waals surface area contributed by atoms with Crippen LogP contribution in [-0.4, -0.2) is 25.6 Å². The molecule has 0 spiro atoms. The van der Waals surface area contributed by atoms with Crippen LogP contribution in [0.15, 0.2) is 139 Å². The van der Waals surface area contributed by atoms with Crippen molar-refractivity contribution in [2.75, 3.05) is 0 Å². The van der Waals surface area contributed by atoms with Crippen LogP contribution >= 0.6 is 0 Å². The highest BCUT2D eigenvalue weighted by Gasteiger charge is 2.27. The standard InChI is InChI=1S/C39H29N5/c1-2-4-13-34-28(9-3-1)21-33-38(44-35-14-6-5-12-32(35)39(33)43-34)27-17-15-26(16-18-27)31-22-36(29-10-7-19-40-24-29)42-37(23-31)30-11-8-20-41-25-30/h1-2,4-8,10-20,22-25,28H,3,9,21H2/t28-/m0/s1. The summed E-state index contributed by atoms with van der Waals surface area (Å²) < 4.78 is 0. The minimum atomic E-state index is 0.387. The number of aliphatic imine (C=N–C) groups is 1. The Morgan fingerprint density at radius 2 is 1.36 bits per heavy atom. The van der Waals surface area contributed by atoms with E-state index in [4.69, 9.17) is 15.0 Å². The van der Waals surface area contributed by atoms with E-state index < -0.39 is 0 Å². The first-order valence-electron chi connectivity index (χ1n) is 15.1. The number of fused-ring (bicyclic) bond motifs is 4. The maximum Gasteiger partial charge on any atom is 0.0781 e. The first kappa shape index (κ1) is 26.1. The molecule has 1 aliphatic heterocycles. The van der Waals surface area contributed by atoms with Crippen molar-refractivity contribution in [3.63, 3.8) is 0 Å². The maximum absolute atomic E-state index is 5.26. The van der Waals surface area contributed by atoms with Crippen LogP contribution in [0.25, 0.3) is 55.8 Å². The van der Waals surface area contributed by atoms with E-state index in [2.05, 4.69) is 94.9 Å². The van der Waals surface area contributed by atoms with Crippen LogP contribution in [0, 0.1) is 5.92 Å². The second-order valence-electron chi connectivity index (χ2n) is 11.3. The molecule has 0 bridgehead atoms. The van der Waals surface area contributed by atoms with E-state index in [9.17, 15) is 0 Å². The van der Waals surface area contributed by atoms with Gasteiger partial charge in [0.2, 0.25) is 0 Å². The van der Waals surface area contributed by atoms with Gasteiger partial charge in [0, 0.05) is 64.1 Å². The smallest absolute Gasteiger partial charge is 0.0781 e. The Hall–Kier alpha value is -5.55. The molecule has 210 valence electrons. The first-order chi connectivity index (χ1) is 21.8. The van der Waals surface area contributed by atoms with Gasteiger partial charge < -0.3 is 0 Å². The molecule has 5 nitrogen and oxygen atoms in total. The second kappa shape index (κ2) is 11.3. The van der Waals surface area contributed by atoms with Crippen molar-refractivity contribution in [3.8, 4) is 44.9 Å². The lowest BCUT2D eigenvalue weighted by molar-refractivity contribution is 0.624. The van der Waals surface area contributed by atoms with Gasteiger partial charge in [-0.25, -0.2) is 9.97 Å². The van der Waals surface area contributed by atoms with E-state index in [-0.39, 0.29) is 0 Å². The number of nitrogens with zero attached hydrogens (tertiary/aromatic N) is 5. The topological polar surface area (TPSA) is 63.9 Å². The van der Waals surface area contributed by atoms with Crippen LogP contribution < -0.4 is 0 Å². The molecule has 0 saturated carbocycles. The van der Waals surface area contributed by atoms with Crippen LogP contribution in [0.5, 0.6) is 0 Å². The Kier molecular flexibility index (Phi) is 6.69. The molecule has 0 fully saturated rings. The predicted octanol–water partition coefficient (Wildman–Crippen LogP) is 9.24. The lowest BCUT2D eigenvalue weighted by Crippen LogP contribution is -2.20. The minimum Gasteiger partial charge on any atom is -0.264 e. The number of benzene rings is 2. The summed E-state index contributed by atoms with van der Waals surface area (Å²) in [6, 6.07) is 29.4. The normalized spacial score (nSPS) is 15.6. The Balaban J connectivity index is 1.23. The van der Waals surface area contributed by atoms with E-state index in [1.807, 2.05) is 36.7 Å². The van der Waals surface area contributed by atoms with Gasteiger partial charge in [-0.15, -0.1) is 0 Å². The summed E-state index contributed by atoms with van der Waals surface area (Å²) >= 11 is 0. The molecule has 0 N–H and O–H groups in total. The lowest BCUT2D eigenvalue weighted by Gasteiger charge is -2.26. The van der Waals surface area contributed by atoms with Gasteiger partial charge >= 0.3 is 0 Å². The largest absolute Gasteiger partial charge is 0.264 e. The lowest BCUT2D eigenvalue weighted by atomic mass is 9.83. The highest BCUT2D eigenvalue weighted by Crippen LogP contribution is 2.42. The number of rotatable bonds is 4. The molecule has 8 rings (SSSR count). The fraction of sp³-hybridized carbons (Fsp3) is 0.103. The van der Waals surface area contributed by atoms with Crippen molar-refractivity contribution < 1.29 is 0 Å². The fourth-order valence-corrected chi connectivity index (χ4v) is 6.26. The molecule has 0 amide bonds. The van der Waals surface area contributed by atoms with Gasteiger partial charge in [-0.3, -0.25) is 15.0 Å². The maximum atomic E-state index is 5.26. The second-order valence-corrected chi connectivity index (χ2v) is 11.3. The Morgan fingerprint density at radius 3 is 2.09 bits per heavy atom. The molecule has 0 unspecified atom stereocenters. The summed E-state index contributed by atoms with van der Waals surface area (Å²) in [6.45, 7) is 0. The molecule has 1 aliphatic carbocycles. The molecule has 6 aromatic rings. The molecule has 5 heterocycles. The van der Waals surface area contributed by atoms with Gasteiger partial charge in [0.1, 0.15) is 0 Å². The fourth-order valence-electron chi connectivity index (χ4n) is 6.26. The van der Waals surface area contributed by atoms with E-state index >= 15 is 0 Å². The highest BCUT2D eigenvalue weighted by molar-refractivity contribution is 6.06. The van der Waals surface area contributed by atoms with Crippen LogP contribution in [0.1, 0.15) is 18.4 Å². The summed E-state index contributed by atoms with van der Waals surface area (Å²) in [5.41, 5.74) is 12.5. The van der Waals surface area contributed by atoms with Crippen molar-refractivity contribution in [1.82, 2.24) is 19.9 Å². The molecule has 4 aromatic heterocycles. The number of hydrogen-bond acceptors (Lipinski definition) is 5. The summed E-state index contributed by atoms with van der Waals surface area (Å²) in [5.74, 6) is 0.387. The van der Waals surface area contributed by atoms with Gasteiger partial charge in [0.25, 0.3) is 0 Å². The van der Waals surface area contributed by atoms with Crippen molar-refractivity contribution >= 4 is 22.3 Å². The monoisotopic (exact) mass is 567 g/mol. The minimum absolute atomic E-state index is 0.387. The number of allylic oxidation sites excluding steroid dienone is 4. The average Bonchev–Trinajstić information content (AvgIpc) is 3.08. The Morgan fingerprint density at radius 1 is 0.636 bits per heavy atom. The zero-order chi connectivity index (χ0) is 29.3. The summed E-state index contributed by atoms with van der Waals surface area (Å²) in [6.07, 6.45) is 19.0. The van der Waals surface area contributed by atoms with E-state index in [1.54, 1.807) is 12.4 Å². The third-order valence-corrected chi connectivity index (χ3v) is 8.50. The number of hydrogen-bond donors (Lipinski definition) is 0. The van der Waals surface area contributed by atoms with Gasteiger partial charge in [0.15, 0.2) is 0 Å². The van der Waals surface area contributed by atoms with Crippen molar-refractivity contribution in [3.05, 3.63) is 140 Å². The van der Waals surface area contributed by atoms with Crippen molar-refractivity contribution in [1.29, 1.82) is 0 Å². The summed E-state index contributed by atoms with van der Waals surface area (Å²) in [7, 11) is 0. The average molecular weight is 568 g/mol. The predicted molar refractivity (Wildman–Crippen MR) is 179 cm³/mol. The number of aromatic nitrogens is 4. The molecule has 2 aromatic carbocycles. The Bertz CT molecular complexity index is 2020. The zero-order valence-electron chi connectivity index (χ0n) is 24.1. The van der Waals surface area contributed by atoms with Crippen molar-refractivity contribution in [2.45, 2.75) is 19.3 Å². The third-order valence-electron chi connectivity index (χ3n) is 8.50.